The SMILES string of the molecule is CC(C)CONCC(O)COc1ccc(Br)cc1. The van der Waals surface area contributed by atoms with Gasteiger partial charge >= 0.3 is 0 Å². The van der Waals surface area contributed by atoms with Gasteiger partial charge in [-0.15, -0.1) is 0 Å². The first kappa shape index (κ1) is 15.4. The second-order valence-corrected chi connectivity index (χ2v) is 5.39. The Hall–Kier alpha value is -0.620. The molecule has 0 saturated heterocycles. The van der Waals surface area contributed by atoms with Crippen LogP contribution < -0.4 is 10.2 Å². The summed E-state index contributed by atoms with van der Waals surface area (Å²) in [5.41, 5.74) is 2.72. The van der Waals surface area contributed by atoms with Gasteiger partial charge in [-0.05, 0) is 30.2 Å². The molecule has 0 heterocycles. The average molecular weight is 318 g/mol. The molecule has 18 heavy (non-hydrogen) atoms. The fraction of sp³-hybridized carbons (Fsp3) is 0.538. The van der Waals surface area contributed by atoms with Crippen molar-refractivity contribution in [3.05, 3.63) is 28.7 Å². The predicted molar refractivity (Wildman–Crippen MR) is 74.4 cm³/mol. The van der Waals surface area contributed by atoms with E-state index in [1.54, 1.807) is 0 Å². The minimum Gasteiger partial charge on any atom is -0.491 e. The largest absolute Gasteiger partial charge is 0.491 e. The van der Waals surface area contributed by atoms with Gasteiger partial charge in [0, 0.05) is 4.47 Å². The topological polar surface area (TPSA) is 50.7 Å². The third-order valence-corrected chi connectivity index (χ3v) is 2.62. The molecule has 0 aliphatic carbocycles. The summed E-state index contributed by atoms with van der Waals surface area (Å²) in [5.74, 6) is 1.20. The molecule has 0 spiro atoms. The molecular formula is C13H20BrNO3. The molecule has 2 N–H and O–H groups in total. The first-order valence-corrected chi connectivity index (χ1v) is 6.78. The number of hydrogen-bond donors (Lipinski definition) is 2. The minimum absolute atomic E-state index is 0.236. The average Bonchev–Trinajstić information content (AvgIpc) is 2.34. The molecule has 1 rings (SSSR count). The van der Waals surface area contributed by atoms with E-state index in [-0.39, 0.29) is 6.61 Å². The molecule has 0 fully saturated rings. The smallest absolute Gasteiger partial charge is 0.119 e. The fourth-order valence-electron chi connectivity index (χ4n) is 1.16. The maximum Gasteiger partial charge on any atom is 0.119 e. The number of aliphatic hydroxyl groups is 1. The van der Waals surface area contributed by atoms with E-state index in [0.717, 1.165) is 10.2 Å². The summed E-state index contributed by atoms with van der Waals surface area (Å²) >= 11 is 3.35. The van der Waals surface area contributed by atoms with E-state index in [0.29, 0.717) is 19.1 Å². The van der Waals surface area contributed by atoms with Crippen molar-refractivity contribution >= 4 is 15.9 Å². The molecule has 0 saturated carbocycles. The molecule has 0 bridgehead atoms. The lowest BCUT2D eigenvalue weighted by atomic mass is 10.2. The van der Waals surface area contributed by atoms with Gasteiger partial charge in [0.15, 0.2) is 0 Å². The van der Waals surface area contributed by atoms with Crippen molar-refractivity contribution in [3.63, 3.8) is 0 Å². The van der Waals surface area contributed by atoms with Crippen LogP contribution in [0.5, 0.6) is 5.75 Å². The molecule has 1 aromatic rings. The predicted octanol–water partition coefficient (Wildman–Crippen LogP) is 2.37. The number of rotatable bonds is 8. The normalized spacial score (nSPS) is 12.7. The van der Waals surface area contributed by atoms with Crippen molar-refractivity contribution in [1.82, 2.24) is 5.48 Å². The van der Waals surface area contributed by atoms with Crippen LogP contribution in [-0.2, 0) is 4.84 Å². The molecular weight excluding hydrogens is 298 g/mol. The van der Waals surface area contributed by atoms with E-state index in [1.807, 2.05) is 24.3 Å². The van der Waals surface area contributed by atoms with Gasteiger partial charge in [-0.3, -0.25) is 0 Å². The molecule has 0 radical (unpaired) electrons. The Kier molecular flexibility index (Phi) is 7.27. The van der Waals surface area contributed by atoms with Crippen molar-refractivity contribution < 1.29 is 14.7 Å². The monoisotopic (exact) mass is 317 g/mol. The van der Waals surface area contributed by atoms with Gasteiger partial charge < -0.3 is 14.7 Å². The maximum absolute atomic E-state index is 9.65. The number of ether oxygens (including phenoxy) is 1. The van der Waals surface area contributed by atoms with Crippen molar-refractivity contribution in [2.24, 2.45) is 5.92 Å². The van der Waals surface area contributed by atoms with Crippen LogP contribution >= 0.6 is 15.9 Å². The highest BCUT2D eigenvalue weighted by Gasteiger charge is 2.05. The zero-order chi connectivity index (χ0) is 13.4. The summed E-state index contributed by atoms with van der Waals surface area (Å²) in [4.78, 5) is 5.16. The highest BCUT2D eigenvalue weighted by molar-refractivity contribution is 9.10. The highest BCUT2D eigenvalue weighted by atomic mass is 79.9. The summed E-state index contributed by atoms with van der Waals surface area (Å²) in [6.07, 6.45) is -0.596. The lowest BCUT2D eigenvalue weighted by Gasteiger charge is -2.14. The van der Waals surface area contributed by atoms with Crippen molar-refractivity contribution in [2.75, 3.05) is 19.8 Å². The van der Waals surface area contributed by atoms with E-state index < -0.39 is 6.10 Å². The molecule has 1 aromatic carbocycles. The summed E-state index contributed by atoms with van der Waals surface area (Å²) in [7, 11) is 0. The van der Waals surface area contributed by atoms with Gasteiger partial charge in [0.05, 0.1) is 13.2 Å². The van der Waals surface area contributed by atoms with Crippen LogP contribution in [-0.4, -0.2) is 31.0 Å². The lowest BCUT2D eigenvalue weighted by molar-refractivity contribution is -0.00773. The van der Waals surface area contributed by atoms with E-state index >= 15 is 0 Å². The zero-order valence-corrected chi connectivity index (χ0v) is 12.3. The zero-order valence-electron chi connectivity index (χ0n) is 10.7. The molecule has 4 nitrogen and oxygen atoms in total. The van der Waals surface area contributed by atoms with Crippen LogP contribution in [0.15, 0.2) is 28.7 Å². The first-order valence-electron chi connectivity index (χ1n) is 5.99. The molecule has 1 atom stereocenters. The number of nitrogens with one attached hydrogen (secondary N) is 1. The Labute approximate surface area is 116 Å². The Bertz CT molecular complexity index is 330. The quantitative estimate of drug-likeness (QED) is 0.571. The molecule has 5 heteroatoms. The molecule has 0 amide bonds. The van der Waals surface area contributed by atoms with Crippen molar-refractivity contribution in [1.29, 1.82) is 0 Å². The Morgan fingerprint density at radius 1 is 1.22 bits per heavy atom. The molecule has 1 unspecified atom stereocenters. The van der Waals surface area contributed by atoms with Crippen molar-refractivity contribution in [2.45, 2.75) is 20.0 Å². The Balaban J connectivity index is 2.13. The minimum atomic E-state index is -0.596. The van der Waals surface area contributed by atoms with Crippen LogP contribution in [0.3, 0.4) is 0 Å². The van der Waals surface area contributed by atoms with Crippen molar-refractivity contribution in [3.8, 4) is 5.75 Å². The molecule has 0 aliphatic heterocycles. The second-order valence-electron chi connectivity index (χ2n) is 4.47. The molecule has 0 aromatic heterocycles. The highest BCUT2D eigenvalue weighted by Crippen LogP contribution is 2.16. The number of aliphatic hydroxyl groups excluding tert-OH is 1. The Morgan fingerprint density at radius 3 is 2.50 bits per heavy atom. The Morgan fingerprint density at radius 2 is 1.89 bits per heavy atom. The fourth-order valence-corrected chi connectivity index (χ4v) is 1.43. The van der Waals surface area contributed by atoms with E-state index in [4.69, 9.17) is 9.57 Å². The number of benzene rings is 1. The standard InChI is InChI=1S/C13H20BrNO3/c1-10(2)8-18-15-7-12(16)9-17-13-5-3-11(14)4-6-13/h3-6,10,12,15-16H,7-9H2,1-2H3. The van der Waals surface area contributed by atoms with Crippen LogP contribution in [0, 0.1) is 5.92 Å². The van der Waals surface area contributed by atoms with E-state index in [9.17, 15) is 5.11 Å². The van der Waals surface area contributed by atoms with Gasteiger partial charge in [0.25, 0.3) is 0 Å². The van der Waals surface area contributed by atoms with Crippen LogP contribution in [0.2, 0.25) is 0 Å². The first-order chi connectivity index (χ1) is 8.58. The summed E-state index contributed by atoms with van der Waals surface area (Å²) in [6, 6.07) is 7.48. The van der Waals surface area contributed by atoms with Crippen LogP contribution in [0.1, 0.15) is 13.8 Å². The van der Waals surface area contributed by atoms with Crippen LogP contribution in [0.4, 0.5) is 0 Å². The third-order valence-electron chi connectivity index (χ3n) is 2.09. The summed E-state index contributed by atoms with van der Waals surface area (Å²) < 4.78 is 6.43. The summed E-state index contributed by atoms with van der Waals surface area (Å²) in [5, 5.41) is 9.65. The molecule has 0 aliphatic rings. The second kappa shape index (κ2) is 8.48. The third kappa shape index (κ3) is 6.96. The van der Waals surface area contributed by atoms with E-state index in [1.165, 1.54) is 0 Å². The van der Waals surface area contributed by atoms with Gasteiger partial charge in [-0.2, -0.15) is 5.48 Å². The van der Waals surface area contributed by atoms with Crippen LogP contribution in [0.25, 0.3) is 0 Å². The number of hydrogen-bond acceptors (Lipinski definition) is 4. The number of hydroxylamine groups is 1. The van der Waals surface area contributed by atoms with Gasteiger partial charge in [-0.1, -0.05) is 29.8 Å². The maximum atomic E-state index is 9.65. The lowest BCUT2D eigenvalue weighted by Crippen LogP contribution is -2.32. The summed E-state index contributed by atoms with van der Waals surface area (Å²) in [6.45, 7) is 5.34. The van der Waals surface area contributed by atoms with E-state index in [2.05, 4.69) is 35.3 Å². The number of halogens is 1. The van der Waals surface area contributed by atoms with Gasteiger partial charge in [0.1, 0.15) is 18.5 Å². The van der Waals surface area contributed by atoms with Gasteiger partial charge in [0.2, 0.25) is 0 Å². The molecule has 102 valence electrons. The van der Waals surface area contributed by atoms with Gasteiger partial charge in [-0.25, -0.2) is 0 Å².